The van der Waals surface area contributed by atoms with Crippen molar-refractivity contribution in [2.24, 2.45) is 5.92 Å². The van der Waals surface area contributed by atoms with Gasteiger partial charge in [0.25, 0.3) is 5.89 Å². The van der Waals surface area contributed by atoms with Crippen LogP contribution in [-0.4, -0.2) is 36.6 Å². The van der Waals surface area contributed by atoms with Crippen LogP contribution in [0, 0.1) is 5.92 Å². The van der Waals surface area contributed by atoms with Crippen molar-refractivity contribution < 1.29 is 18.7 Å². The molecule has 1 atom stereocenters. The van der Waals surface area contributed by atoms with Gasteiger partial charge in [-0.3, -0.25) is 0 Å². The molecule has 0 N–H and O–H groups in total. The minimum Gasteiger partial charge on any atom is -0.381 e. The Labute approximate surface area is 107 Å². The van der Waals surface area contributed by atoms with Crippen molar-refractivity contribution in [2.45, 2.75) is 33.0 Å². The molecule has 1 aliphatic rings. The summed E-state index contributed by atoms with van der Waals surface area (Å²) < 4.78 is 21.3. The van der Waals surface area contributed by atoms with Crippen LogP contribution in [0.2, 0.25) is 0 Å². The third kappa shape index (κ3) is 3.51. The van der Waals surface area contributed by atoms with Gasteiger partial charge in [0.2, 0.25) is 6.29 Å². The monoisotopic (exact) mass is 256 g/mol. The first kappa shape index (κ1) is 13.5. The minimum atomic E-state index is -0.555. The SMILES string of the molecule is CCOC(OCC)c1nc(CC2CCOC2)no1. The molecular formula is C12H20N2O4. The van der Waals surface area contributed by atoms with Gasteiger partial charge in [-0.05, 0) is 26.2 Å². The smallest absolute Gasteiger partial charge is 0.283 e. The topological polar surface area (TPSA) is 66.6 Å². The van der Waals surface area contributed by atoms with Gasteiger partial charge in [0.1, 0.15) is 0 Å². The van der Waals surface area contributed by atoms with Crippen LogP contribution in [-0.2, 0) is 20.6 Å². The average Bonchev–Trinajstić information content (AvgIpc) is 3.01. The van der Waals surface area contributed by atoms with Gasteiger partial charge < -0.3 is 18.7 Å². The van der Waals surface area contributed by atoms with Gasteiger partial charge in [-0.1, -0.05) is 5.16 Å². The first-order chi connectivity index (χ1) is 8.83. The molecule has 0 aliphatic carbocycles. The van der Waals surface area contributed by atoms with E-state index in [0.717, 1.165) is 26.1 Å². The minimum absolute atomic E-state index is 0.396. The van der Waals surface area contributed by atoms with Crippen LogP contribution in [0.25, 0.3) is 0 Å². The van der Waals surface area contributed by atoms with Crippen LogP contribution >= 0.6 is 0 Å². The molecule has 6 heteroatoms. The quantitative estimate of drug-likeness (QED) is 0.692. The number of hydrogen-bond acceptors (Lipinski definition) is 6. The highest BCUT2D eigenvalue weighted by Crippen LogP contribution is 2.20. The Balaban J connectivity index is 1.94. The van der Waals surface area contributed by atoms with E-state index in [1.165, 1.54) is 0 Å². The Bertz CT molecular complexity index is 344. The zero-order valence-electron chi connectivity index (χ0n) is 10.9. The molecule has 1 saturated heterocycles. The van der Waals surface area contributed by atoms with Gasteiger partial charge in [0.05, 0.1) is 0 Å². The molecule has 0 amide bonds. The summed E-state index contributed by atoms with van der Waals surface area (Å²) in [5, 5.41) is 3.96. The fourth-order valence-corrected chi connectivity index (χ4v) is 1.94. The number of rotatable bonds is 7. The van der Waals surface area contributed by atoms with Gasteiger partial charge >= 0.3 is 0 Å². The maximum atomic E-state index is 5.41. The summed E-state index contributed by atoms with van der Waals surface area (Å²) in [5.74, 6) is 1.59. The molecule has 0 aromatic carbocycles. The molecule has 0 bridgehead atoms. The molecule has 2 heterocycles. The van der Waals surface area contributed by atoms with Gasteiger partial charge in [0, 0.05) is 32.8 Å². The first-order valence-electron chi connectivity index (χ1n) is 6.46. The Morgan fingerprint density at radius 3 is 2.72 bits per heavy atom. The fraction of sp³-hybridized carbons (Fsp3) is 0.833. The van der Waals surface area contributed by atoms with Crippen molar-refractivity contribution in [3.05, 3.63) is 11.7 Å². The molecule has 18 heavy (non-hydrogen) atoms. The van der Waals surface area contributed by atoms with E-state index in [4.69, 9.17) is 18.7 Å². The second-order valence-electron chi connectivity index (χ2n) is 4.23. The van der Waals surface area contributed by atoms with Crippen molar-refractivity contribution in [3.8, 4) is 0 Å². The summed E-state index contributed by atoms with van der Waals surface area (Å²) >= 11 is 0. The van der Waals surface area contributed by atoms with Crippen LogP contribution in [0.1, 0.15) is 38.3 Å². The molecule has 6 nitrogen and oxygen atoms in total. The zero-order valence-corrected chi connectivity index (χ0v) is 10.9. The van der Waals surface area contributed by atoms with Gasteiger partial charge in [-0.25, -0.2) is 0 Å². The molecule has 0 spiro atoms. The molecule has 2 rings (SSSR count). The van der Waals surface area contributed by atoms with Crippen molar-refractivity contribution in [3.63, 3.8) is 0 Å². The highest BCUT2D eigenvalue weighted by atomic mass is 16.7. The standard InChI is InChI=1S/C12H20N2O4/c1-3-16-12(17-4-2)11-13-10(14-18-11)7-9-5-6-15-8-9/h9,12H,3-8H2,1-2H3. The first-order valence-corrected chi connectivity index (χ1v) is 6.46. The molecule has 1 aromatic rings. The Morgan fingerprint density at radius 2 is 2.11 bits per heavy atom. The van der Waals surface area contributed by atoms with Crippen LogP contribution in [0.15, 0.2) is 4.52 Å². The van der Waals surface area contributed by atoms with Crippen LogP contribution < -0.4 is 0 Å². The van der Waals surface area contributed by atoms with Crippen LogP contribution in [0.3, 0.4) is 0 Å². The summed E-state index contributed by atoms with van der Waals surface area (Å²) in [7, 11) is 0. The summed E-state index contributed by atoms with van der Waals surface area (Å²) in [6.07, 6.45) is 1.29. The number of nitrogens with zero attached hydrogens (tertiary/aromatic N) is 2. The van der Waals surface area contributed by atoms with Crippen molar-refractivity contribution in [1.29, 1.82) is 0 Å². The third-order valence-electron chi connectivity index (χ3n) is 2.82. The molecule has 0 saturated carbocycles. The van der Waals surface area contributed by atoms with Crippen molar-refractivity contribution >= 4 is 0 Å². The van der Waals surface area contributed by atoms with E-state index in [2.05, 4.69) is 10.1 Å². The van der Waals surface area contributed by atoms with E-state index in [9.17, 15) is 0 Å². The molecule has 0 radical (unpaired) electrons. The van der Waals surface area contributed by atoms with Crippen LogP contribution in [0.4, 0.5) is 0 Å². The molecular weight excluding hydrogens is 236 g/mol. The largest absolute Gasteiger partial charge is 0.381 e. The van der Waals surface area contributed by atoms with Gasteiger partial charge in [0.15, 0.2) is 5.82 Å². The maximum Gasteiger partial charge on any atom is 0.283 e. The third-order valence-corrected chi connectivity index (χ3v) is 2.82. The van der Waals surface area contributed by atoms with E-state index < -0.39 is 6.29 Å². The normalized spacial score (nSPS) is 19.8. The molecule has 1 aliphatic heterocycles. The van der Waals surface area contributed by atoms with E-state index in [0.29, 0.717) is 30.8 Å². The molecule has 1 fully saturated rings. The Hall–Kier alpha value is -0.980. The highest BCUT2D eigenvalue weighted by molar-refractivity contribution is 4.90. The van der Waals surface area contributed by atoms with Crippen LogP contribution in [0.5, 0.6) is 0 Å². The lowest BCUT2D eigenvalue weighted by atomic mass is 10.1. The summed E-state index contributed by atoms with van der Waals surface area (Å²) in [5.41, 5.74) is 0. The van der Waals surface area contributed by atoms with Gasteiger partial charge in [-0.2, -0.15) is 4.98 Å². The second kappa shape index (κ2) is 6.82. The summed E-state index contributed by atoms with van der Waals surface area (Å²) in [4.78, 5) is 4.33. The van der Waals surface area contributed by atoms with E-state index in [-0.39, 0.29) is 0 Å². The van der Waals surface area contributed by atoms with E-state index in [1.54, 1.807) is 0 Å². The average molecular weight is 256 g/mol. The van der Waals surface area contributed by atoms with Gasteiger partial charge in [-0.15, -0.1) is 0 Å². The molecule has 1 aromatic heterocycles. The number of hydrogen-bond donors (Lipinski definition) is 0. The van der Waals surface area contributed by atoms with Crippen molar-refractivity contribution in [1.82, 2.24) is 10.1 Å². The molecule has 102 valence electrons. The fourth-order valence-electron chi connectivity index (χ4n) is 1.94. The maximum absolute atomic E-state index is 5.41. The lowest BCUT2D eigenvalue weighted by Crippen LogP contribution is -2.10. The summed E-state index contributed by atoms with van der Waals surface area (Å²) in [6, 6.07) is 0. The highest BCUT2D eigenvalue weighted by Gasteiger charge is 2.22. The summed E-state index contributed by atoms with van der Waals surface area (Å²) in [6.45, 7) is 6.50. The molecule has 1 unspecified atom stereocenters. The number of aromatic nitrogens is 2. The Kier molecular flexibility index (Phi) is 5.10. The second-order valence-corrected chi connectivity index (χ2v) is 4.23. The Morgan fingerprint density at radius 1 is 1.33 bits per heavy atom. The lowest BCUT2D eigenvalue weighted by Gasteiger charge is -2.11. The zero-order chi connectivity index (χ0) is 12.8. The predicted molar refractivity (Wildman–Crippen MR) is 62.9 cm³/mol. The van der Waals surface area contributed by atoms with E-state index in [1.807, 2.05) is 13.8 Å². The lowest BCUT2D eigenvalue weighted by molar-refractivity contribution is -0.155. The van der Waals surface area contributed by atoms with E-state index >= 15 is 0 Å². The predicted octanol–water partition coefficient (Wildman–Crippen LogP) is 1.72. The van der Waals surface area contributed by atoms with Crippen molar-refractivity contribution in [2.75, 3.05) is 26.4 Å². The number of ether oxygens (including phenoxy) is 3.